The van der Waals surface area contributed by atoms with Gasteiger partial charge >= 0.3 is 12.1 Å². The van der Waals surface area contributed by atoms with Crippen LogP contribution in [0.15, 0.2) is 53.6 Å². The first-order chi connectivity index (χ1) is 16.0. The molecule has 0 aliphatic carbocycles. The predicted molar refractivity (Wildman–Crippen MR) is 116 cm³/mol. The van der Waals surface area contributed by atoms with Gasteiger partial charge in [0.05, 0.1) is 17.5 Å². The van der Waals surface area contributed by atoms with Crippen LogP contribution in [0.4, 0.5) is 17.6 Å². The summed E-state index contributed by atoms with van der Waals surface area (Å²) in [5.74, 6) is -3.13. The highest BCUT2D eigenvalue weighted by molar-refractivity contribution is 7.90. The van der Waals surface area contributed by atoms with Crippen LogP contribution in [0, 0.1) is 5.82 Å². The number of aliphatic carboxylic acids is 1. The van der Waals surface area contributed by atoms with E-state index in [0.29, 0.717) is 23.0 Å². The SMILES string of the molecule is COc1c(F)cc2c(ccn2S(=O)(=O)c2ccccc2)c1CN1CCCC1.O=C(O)C(F)(F)F. The van der Waals surface area contributed by atoms with E-state index in [1.165, 1.54) is 31.5 Å². The summed E-state index contributed by atoms with van der Waals surface area (Å²) >= 11 is 0. The summed E-state index contributed by atoms with van der Waals surface area (Å²) in [6.45, 7) is 2.43. The molecule has 1 saturated heterocycles. The maximum Gasteiger partial charge on any atom is 0.490 e. The van der Waals surface area contributed by atoms with Gasteiger partial charge < -0.3 is 9.84 Å². The average Bonchev–Trinajstić information content (AvgIpc) is 3.44. The molecule has 0 atom stereocenters. The predicted octanol–water partition coefficient (Wildman–Crippen LogP) is 4.26. The number of fused-ring (bicyclic) bond motifs is 1. The molecule has 7 nitrogen and oxygen atoms in total. The summed E-state index contributed by atoms with van der Waals surface area (Å²) in [5.41, 5.74) is 1.02. The second-order valence-electron chi connectivity index (χ2n) is 7.52. The lowest BCUT2D eigenvalue weighted by atomic mass is 10.1. The first-order valence-electron chi connectivity index (χ1n) is 10.2. The molecular weight excluding hydrogens is 480 g/mol. The number of likely N-dealkylation sites (tertiary alicyclic amines) is 1. The summed E-state index contributed by atoms with van der Waals surface area (Å²) in [7, 11) is -2.37. The van der Waals surface area contributed by atoms with Crippen molar-refractivity contribution in [3.63, 3.8) is 0 Å². The molecule has 12 heteroatoms. The van der Waals surface area contributed by atoms with Gasteiger partial charge in [0.2, 0.25) is 0 Å². The van der Waals surface area contributed by atoms with Crippen molar-refractivity contribution in [3.8, 4) is 5.75 Å². The molecule has 1 fully saturated rings. The van der Waals surface area contributed by atoms with E-state index in [4.69, 9.17) is 14.6 Å². The molecule has 1 N–H and O–H groups in total. The summed E-state index contributed by atoms with van der Waals surface area (Å²) in [5, 5.41) is 7.82. The van der Waals surface area contributed by atoms with E-state index in [1.54, 1.807) is 24.3 Å². The number of carboxylic acids is 1. The first kappa shape index (κ1) is 25.5. The first-order valence-corrected chi connectivity index (χ1v) is 11.6. The highest BCUT2D eigenvalue weighted by Gasteiger charge is 2.38. The minimum atomic E-state index is -5.08. The molecule has 0 saturated carbocycles. The molecule has 184 valence electrons. The Kier molecular flexibility index (Phi) is 7.51. The number of hydrogen-bond donors (Lipinski definition) is 1. The number of ether oxygens (including phenoxy) is 1. The van der Waals surface area contributed by atoms with Crippen molar-refractivity contribution >= 4 is 26.9 Å². The molecule has 0 radical (unpaired) electrons. The lowest BCUT2D eigenvalue weighted by molar-refractivity contribution is -0.192. The molecule has 0 unspecified atom stereocenters. The second-order valence-corrected chi connectivity index (χ2v) is 9.33. The van der Waals surface area contributed by atoms with Crippen molar-refractivity contribution in [2.45, 2.75) is 30.5 Å². The summed E-state index contributed by atoms with van der Waals surface area (Å²) < 4.78 is 79.0. The van der Waals surface area contributed by atoms with Crippen LogP contribution in [-0.4, -0.2) is 54.7 Å². The number of benzene rings is 2. The fourth-order valence-corrected chi connectivity index (χ4v) is 5.09. The molecule has 34 heavy (non-hydrogen) atoms. The quantitative estimate of drug-likeness (QED) is 0.525. The molecule has 1 aromatic heterocycles. The zero-order chi connectivity index (χ0) is 25.1. The van der Waals surface area contributed by atoms with Crippen LogP contribution in [0.5, 0.6) is 5.75 Å². The third-order valence-electron chi connectivity index (χ3n) is 5.30. The molecule has 1 aliphatic heterocycles. The second kappa shape index (κ2) is 10.0. The van der Waals surface area contributed by atoms with Gasteiger partial charge in [-0.2, -0.15) is 13.2 Å². The molecule has 1 aliphatic rings. The number of carboxylic acid groups (broad SMARTS) is 1. The van der Waals surface area contributed by atoms with Gasteiger partial charge in [-0.25, -0.2) is 21.6 Å². The zero-order valence-corrected chi connectivity index (χ0v) is 18.9. The number of methoxy groups -OCH3 is 1. The summed E-state index contributed by atoms with van der Waals surface area (Å²) in [6.07, 6.45) is -1.37. The average molecular weight is 502 g/mol. The van der Waals surface area contributed by atoms with Crippen LogP contribution < -0.4 is 4.74 Å². The Hall–Kier alpha value is -3.12. The van der Waals surface area contributed by atoms with Gasteiger partial charge in [-0.3, -0.25) is 4.90 Å². The van der Waals surface area contributed by atoms with Gasteiger partial charge in [0.1, 0.15) is 0 Å². The van der Waals surface area contributed by atoms with Crippen molar-refractivity contribution in [2.75, 3.05) is 20.2 Å². The van der Waals surface area contributed by atoms with E-state index in [1.807, 2.05) is 0 Å². The molecule has 2 heterocycles. The van der Waals surface area contributed by atoms with Crippen molar-refractivity contribution < 1.29 is 40.6 Å². The molecule has 0 spiro atoms. The van der Waals surface area contributed by atoms with Crippen LogP contribution in [-0.2, 0) is 21.4 Å². The Labute approximate surface area is 193 Å². The monoisotopic (exact) mass is 502 g/mol. The standard InChI is InChI=1S/C20H21FN2O3S.C2HF3O2/c1-26-20-17(14-22-10-5-6-11-22)16-9-12-23(19(16)13-18(20)21)27(24,25)15-7-3-2-4-8-15;3-2(4,5)1(6)7/h2-4,7-9,12-13H,5-6,10-11,14H2,1H3;(H,6,7). The van der Waals surface area contributed by atoms with Crippen molar-refractivity contribution in [2.24, 2.45) is 0 Å². The molecule has 0 amide bonds. The highest BCUT2D eigenvalue weighted by Crippen LogP contribution is 2.35. The van der Waals surface area contributed by atoms with E-state index in [0.717, 1.165) is 29.9 Å². The topological polar surface area (TPSA) is 88.8 Å². The van der Waals surface area contributed by atoms with Crippen molar-refractivity contribution in [3.05, 3.63) is 60.0 Å². The lowest BCUT2D eigenvalue weighted by Gasteiger charge is -2.18. The van der Waals surface area contributed by atoms with Gasteiger partial charge in [-0.05, 0) is 44.1 Å². The van der Waals surface area contributed by atoms with Gasteiger partial charge in [0.25, 0.3) is 10.0 Å². The van der Waals surface area contributed by atoms with E-state index < -0.39 is 28.0 Å². The Balaban J connectivity index is 0.000000406. The lowest BCUT2D eigenvalue weighted by Crippen LogP contribution is -2.21. The normalized spacial score (nSPS) is 14.6. The van der Waals surface area contributed by atoms with Crippen LogP contribution in [0.1, 0.15) is 18.4 Å². The van der Waals surface area contributed by atoms with Gasteiger partial charge in [-0.1, -0.05) is 18.2 Å². The van der Waals surface area contributed by atoms with E-state index in [9.17, 15) is 26.0 Å². The Morgan fingerprint density at radius 2 is 1.71 bits per heavy atom. The molecule has 0 bridgehead atoms. The van der Waals surface area contributed by atoms with E-state index in [2.05, 4.69) is 4.90 Å². The number of hydrogen-bond acceptors (Lipinski definition) is 5. The minimum absolute atomic E-state index is 0.166. The van der Waals surface area contributed by atoms with Crippen LogP contribution in [0.2, 0.25) is 0 Å². The maximum atomic E-state index is 14.8. The number of halogens is 4. The van der Waals surface area contributed by atoms with Gasteiger partial charge in [-0.15, -0.1) is 0 Å². The zero-order valence-electron chi connectivity index (χ0n) is 18.0. The number of alkyl halides is 3. The number of rotatable bonds is 5. The Morgan fingerprint density at radius 3 is 2.24 bits per heavy atom. The van der Waals surface area contributed by atoms with Gasteiger partial charge in [0, 0.05) is 29.8 Å². The van der Waals surface area contributed by atoms with Crippen LogP contribution in [0.3, 0.4) is 0 Å². The Morgan fingerprint density at radius 1 is 1.12 bits per heavy atom. The molecule has 4 rings (SSSR count). The highest BCUT2D eigenvalue weighted by atomic mass is 32.2. The van der Waals surface area contributed by atoms with Gasteiger partial charge in [0.15, 0.2) is 11.6 Å². The fourth-order valence-electron chi connectivity index (χ4n) is 3.73. The smallest absolute Gasteiger partial charge is 0.490 e. The number of nitrogens with zero attached hydrogens (tertiary/aromatic N) is 2. The number of aromatic nitrogens is 1. The Bertz CT molecular complexity index is 1270. The molecule has 2 aromatic carbocycles. The largest absolute Gasteiger partial charge is 0.493 e. The molecule has 3 aromatic rings. The van der Waals surface area contributed by atoms with E-state index >= 15 is 0 Å². The molecular formula is C22H22F4N2O5S. The summed E-state index contributed by atoms with van der Waals surface area (Å²) in [4.78, 5) is 11.3. The van der Waals surface area contributed by atoms with E-state index in [-0.39, 0.29) is 10.6 Å². The van der Waals surface area contributed by atoms with Crippen molar-refractivity contribution in [1.29, 1.82) is 0 Å². The third-order valence-corrected chi connectivity index (χ3v) is 7.00. The fraction of sp³-hybridized carbons (Fsp3) is 0.318. The summed E-state index contributed by atoms with van der Waals surface area (Å²) in [6, 6.07) is 11.1. The third kappa shape index (κ3) is 5.33. The van der Waals surface area contributed by atoms with Crippen LogP contribution in [0.25, 0.3) is 10.9 Å². The number of carbonyl (C=O) groups is 1. The van der Waals surface area contributed by atoms with Crippen molar-refractivity contribution in [1.82, 2.24) is 8.87 Å². The maximum absolute atomic E-state index is 14.8. The van der Waals surface area contributed by atoms with Crippen LogP contribution >= 0.6 is 0 Å². The minimum Gasteiger partial charge on any atom is -0.493 e.